The molecule has 0 spiro atoms. The van der Waals surface area contributed by atoms with Gasteiger partial charge in [-0.1, -0.05) is 79.7 Å². The van der Waals surface area contributed by atoms with Gasteiger partial charge in [-0.15, -0.1) is 0 Å². The van der Waals surface area contributed by atoms with E-state index in [1.54, 1.807) is 0 Å². The molecular formula is C24H28ClFN2. The van der Waals surface area contributed by atoms with Crippen LogP contribution in [0.5, 0.6) is 0 Å². The molecule has 2 aromatic carbocycles. The van der Waals surface area contributed by atoms with Crippen LogP contribution in [0, 0.1) is 5.92 Å². The van der Waals surface area contributed by atoms with Gasteiger partial charge in [0.2, 0.25) is 0 Å². The van der Waals surface area contributed by atoms with Gasteiger partial charge in [0.05, 0.1) is 6.04 Å². The quantitative estimate of drug-likeness (QED) is 0.508. The van der Waals surface area contributed by atoms with Crippen molar-refractivity contribution >= 4 is 11.6 Å². The number of fused-ring (bicyclic) bond motifs is 2. The van der Waals surface area contributed by atoms with E-state index in [2.05, 4.69) is 42.8 Å². The van der Waals surface area contributed by atoms with E-state index in [1.165, 1.54) is 0 Å². The number of hydrogen-bond donors (Lipinski definition) is 2. The minimum Gasteiger partial charge on any atom is -0.378 e. The summed E-state index contributed by atoms with van der Waals surface area (Å²) in [6, 6.07) is 15.7. The molecule has 4 atom stereocenters. The molecule has 0 amide bonds. The maximum Gasteiger partial charge on any atom is 0.155 e. The predicted molar refractivity (Wildman–Crippen MR) is 116 cm³/mol. The fourth-order valence-electron chi connectivity index (χ4n) is 3.71. The van der Waals surface area contributed by atoms with E-state index < -0.39 is 6.30 Å². The number of halogens is 2. The summed E-state index contributed by atoms with van der Waals surface area (Å²) in [5.41, 5.74) is 4.83. The largest absolute Gasteiger partial charge is 0.378 e. The van der Waals surface area contributed by atoms with Crippen molar-refractivity contribution in [2.45, 2.75) is 45.1 Å². The third kappa shape index (κ3) is 4.84. The highest BCUT2D eigenvalue weighted by Crippen LogP contribution is 2.30. The van der Waals surface area contributed by atoms with Crippen molar-refractivity contribution in [2.75, 3.05) is 0 Å². The Balaban J connectivity index is 1.96. The Bertz CT molecular complexity index is 849. The van der Waals surface area contributed by atoms with E-state index in [0.29, 0.717) is 11.4 Å². The summed E-state index contributed by atoms with van der Waals surface area (Å²) in [5.74, 6) is 0.0206. The van der Waals surface area contributed by atoms with Crippen LogP contribution < -0.4 is 10.6 Å². The van der Waals surface area contributed by atoms with E-state index in [9.17, 15) is 0 Å². The lowest BCUT2D eigenvalue weighted by molar-refractivity contribution is 0.221. The molecule has 0 saturated carbocycles. The molecule has 1 aliphatic heterocycles. The van der Waals surface area contributed by atoms with Crippen LogP contribution in [0.15, 0.2) is 73.0 Å². The molecule has 4 unspecified atom stereocenters. The Kier molecular flexibility index (Phi) is 6.58. The van der Waals surface area contributed by atoms with Gasteiger partial charge in [-0.05, 0) is 36.1 Å². The van der Waals surface area contributed by atoms with Gasteiger partial charge >= 0.3 is 0 Å². The van der Waals surface area contributed by atoms with Gasteiger partial charge in [0.1, 0.15) is 0 Å². The fourth-order valence-corrected chi connectivity index (χ4v) is 3.91. The van der Waals surface area contributed by atoms with Crippen LogP contribution >= 0.6 is 11.6 Å². The smallest absolute Gasteiger partial charge is 0.155 e. The lowest BCUT2D eigenvalue weighted by atomic mass is 9.91. The number of rotatable bonds is 3. The van der Waals surface area contributed by atoms with E-state index >= 15 is 4.39 Å². The zero-order valence-electron chi connectivity index (χ0n) is 16.5. The Morgan fingerprint density at radius 3 is 2.61 bits per heavy atom. The van der Waals surface area contributed by atoms with E-state index in [-0.39, 0.29) is 24.4 Å². The Morgan fingerprint density at radius 1 is 1.21 bits per heavy atom. The molecule has 0 fully saturated rings. The van der Waals surface area contributed by atoms with Crippen LogP contribution in [0.4, 0.5) is 4.39 Å². The second kappa shape index (κ2) is 8.93. The highest BCUT2D eigenvalue weighted by molar-refractivity contribution is 6.31. The number of alkyl halides is 1. The SMILES string of the molecule is C=C(C)C1NC(=C)C(C)C(Cc2ccccc2)NC(F)Cc2cc1ccc2Cl. The number of nitrogens with one attached hydrogen (secondary N) is 2. The van der Waals surface area contributed by atoms with Crippen LogP contribution in [0.3, 0.4) is 0 Å². The molecule has 0 aliphatic carbocycles. The number of benzene rings is 2. The highest BCUT2D eigenvalue weighted by Gasteiger charge is 2.27. The molecule has 2 bridgehead atoms. The maximum absolute atomic E-state index is 15.0. The molecule has 2 N–H and O–H groups in total. The summed E-state index contributed by atoms with van der Waals surface area (Å²) < 4.78 is 15.0. The molecule has 4 heteroatoms. The van der Waals surface area contributed by atoms with Gasteiger partial charge in [0, 0.05) is 29.1 Å². The third-order valence-corrected chi connectivity index (χ3v) is 5.84. The molecule has 3 rings (SSSR count). The van der Waals surface area contributed by atoms with E-state index in [1.807, 2.05) is 43.3 Å². The van der Waals surface area contributed by atoms with Gasteiger partial charge in [-0.25, -0.2) is 4.39 Å². The first-order valence-corrected chi connectivity index (χ1v) is 10.1. The lowest BCUT2D eigenvalue weighted by Gasteiger charge is -2.31. The van der Waals surface area contributed by atoms with Crippen LogP contribution in [-0.2, 0) is 12.8 Å². The minimum absolute atomic E-state index is 0.0206. The van der Waals surface area contributed by atoms with Crippen molar-refractivity contribution in [3.05, 3.63) is 94.7 Å². The topological polar surface area (TPSA) is 24.1 Å². The van der Waals surface area contributed by atoms with Crippen molar-refractivity contribution in [1.82, 2.24) is 10.6 Å². The number of hydrogen-bond acceptors (Lipinski definition) is 2. The van der Waals surface area contributed by atoms with Crippen molar-refractivity contribution in [2.24, 2.45) is 5.92 Å². The second-order valence-corrected chi connectivity index (χ2v) is 8.13. The molecule has 1 heterocycles. The van der Waals surface area contributed by atoms with E-state index in [4.69, 9.17) is 11.6 Å². The first kappa shape index (κ1) is 20.6. The van der Waals surface area contributed by atoms with Gasteiger partial charge in [-0.2, -0.15) is 0 Å². The summed E-state index contributed by atoms with van der Waals surface area (Å²) in [7, 11) is 0. The maximum atomic E-state index is 15.0. The van der Waals surface area contributed by atoms with Gasteiger partial charge in [0.15, 0.2) is 6.30 Å². The zero-order chi connectivity index (χ0) is 20.3. The Morgan fingerprint density at radius 2 is 1.93 bits per heavy atom. The molecule has 2 aromatic rings. The van der Waals surface area contributed by atoms with Crippen molar-refractivity contribution in [1.29, 1.82) is 0 Å². The molecule has 0 saturated heterocycles. The molecule has 2 nitrogen and oxygen atoms in total. The van der Waals surface area contributed by atoms with Gasteiger partial charge < -0.3 is 5.32 Å². The average Bonchev–Trinajstić information content (AvgIpc) is 2.67. The van der Waals surface area contributed by atoms with Crippen LogP contribution in [-0.4, -0.2) is 12.3 Å². The monoisotopic (exact) mass is 398 g/mol. The van der Waals surface area contributed by atoms with Crippen molar-refractivity contribution < 1.29 is 4.39 Å². The normalized spacial score (nSPS) is 25.5. The van der Waals surface area contributed by atoms with Gasteiger partial charge in [-0.3, -0.25) is 5.32 Å². The lowest BCUT2D eigenvalue weighted by Crippen LogP contribution is -2.44. The second-order valence-electron chi connectivity index (χ2n) is 7.72. The first-order valence-electron chi connectivity index (χ1n) is 9.68. The Labute approximate surface area is 172 Å². The van der Waals surface area contributed by atoms with Crippen molar-refractivity contribution in [3.8, 4) is 0 Å². The van der Waals surface area contributed by atoms with Gasteiger partial charge in [0.25, 0.3) is 0 Å². The molecule has 0 aromatic heterocycles. The van der Waals surface area contributed by atoms with E-state index in [0.717, 1.165) is 28.0 Å². The van der Waals surface area contributed by atoms with Crippen LogP contribution in [0.25, 0.3) is 0 Å². The average molecular weight is 399 g/mol. The summed E-state index contributed by atoms with van der Waals surface area (Å²) in [5, 5.41) is 7.28. The summed E-state index contributed by atoms with van der Waals surface area (Å²) in [6.45, 7) is 12.5. The standard InChI is InChI=1S/C24H28ClFN2/c1-15(2)24-19-10-11-21(25)20(13-19)14-23(26)28-22(16(3)17(4)27-24)12-18-8-6-5-7-9-18/h5-11,13,16,22-24,27-28H,1,4,12,14H2,2-3H3. The predicted octanol–water partition coefficient (Wildman–Crippen LogP) is 5.75. The third-order valence-electron chi connectivity index (χ3n) is 5.47. The zero-order valence-corrected chi connectivity index (χ0v) is 17.3. The molecule has 0 radical (unpaired) electrons. The fraction of sp³-hybridized carbons (Fsp3) is 0.333. The van der Waals surface area contributed by atoms with Crippen LogP contribution in [0.2, 0.25) is 5.02 Å². The highest BCUT2D eigenvalue weighted by atomic mass is 35.5. The first-order chi connectivity index (χ1) is 13.3. The summed E-state index contributed by atoms with van der Waals surface area (Å²) >= 11 is 6.35. The Hall–Kier alpha value is -2.10. The summed E-state index contributed by atoms with van der Waals surface area (Å²) in [4.78, 5) is 0. The van der Waals surface area contributed by atoms with Crippen LogP contribution in [0.1, 0.15) is 36.6 Å². The van der Waals surface area contributed by atoms with Crippen molar-refractivity contribution in [3.63, 3.8) is 0 Å². The molecule has 1 aliphatic rings. The molecular weight excluding hydrogens is 371 g/mol. The molecule has 28 heavy (non-hydrogen) atoms. The summed E-state index contributed by atoms with van der Waals surface area (Å²) in [6.07, 6.45) is -0.259. The minimum atomic E-state index is -1.20. The molecule has 148 valence electrons.